The number of nitrogens with zero attached hydrogens (tertiary/aromatic N) is 2. The number of hydrogen-bond acceptors (Lipinski definition) is 6. The number of hydrogen-bond donors (Lipinski definition) is 0. The van der Waals surface area contributed by atoms with E-state index < -0.39 is 28.8 Å². The molecule has 0 aliphatic carbocycles. The number of nitro benzene ring substituents is 1. The van der Waals surface area contributed by atoms with Crippen LogP contribution in [0.1, 0.15) is 11.6 Å². The highest BCUT2D eigenvalue weighted by atomic mass is 31.0. The number of carbonyl (C=O) groups is 2. The molecule has 27 heavy (non-hydrogen) atoms. The van der Waals surface area contributed by atoms with Crippen LogP contribution in [0.5, 0.6) is 5.75 Å². The summed E-state index contributed by atoms with van der Waals surface area (Å²) < 4.78 is 23.9. The van der Waals surface area contributed by atoms with Crippen LogP contribution in [0.3, 0.4) is 0 Å². The molecule has 2 unspecified atom stereocenters. The number of rotatable bonds is 3. The second-order valence-corrected chi connectivity index (χ2v) is 6.32. The summed E-state index contributed by atoms with van der Waals surface area (Å²) in [6, 6.07) is 8.29. The zero-order chi connectivity index (χ0) is 19.6. The minimum Gasteiger partial charge on any atom is -0.410 e. The van der Waals surface area contributed by atoms with E-state index in [-0.39, 0.29) is 30.0 Å². The van der Waals surface area contributed by atoms with E-state index in [0.717, 1.165) is 4.90 Å². The highest BCUT2D eigenvalue weighted by Crippen LogP contribution is 2.27. The van der Waals surface area contributed by atoms with E-state index in [2.05, 4.69) is 9.24 Å². The molecule has 140 valence electrons. The van der Waals surface area contributed by atoms with Crippen molar-refractivity contribution in [3.8, 4) is 5.75 Å². The van der Waals surface area contributed by atoms with E-state index in [0.29, 0.717) is 5.56 Å². The van der Waals surface area contributed by atoms with Gasteiger partial charge in [0.15, 0.2) is 0 Å². The smallest absolute Gasteiger partial charge is 0.410 e. The van der Waals surface area contributed by atoms with Crippen molar-refractivity contribution in [2.24, 2.45) is 0 Å². The molecule has 0 spiro atoms. The fourth-order valence-electron chi connectivity index (χ4n) is 2.61. The van der Waals surface area contributed by atoms with Crippen LogP contribution in [0.25, 0.3) is 0 Å². The van der Waals surface area contributed by atoms with E-state index in [1.54, 1.807) is 0 Å². The second kappa shape index (κ2) is 7.77. The molecule has 1 aliphatic heterocycles. The summed E-state index contributed by atoms with van der Waals surface area (Å²) in [7, 11) is 2.24. The lowest BCUT2D eigenvalue weighted by molar-refractivity contribution is -0.384. The first kappa shape index (κ1) is 18.9. The van der Waals surface area contributed by atoms with Gasteiger partial charge in [-0.25, -0.2) is 14.1 Å². The molecule has 2 aromatic rings. The number of benzene rings is 2. The van der Waals surface area contributed by atoms with Gasteiger partial charge in [-0.1, -0.05) is 6.07 Å². The molecule has 2 atom stereocenters. The zero-order valence-corrected chi connectivity index (χ0v) is 15.0. The molecule has 10 heteroatoms. The predicted molar refractivity (Wildman–Crippen MR) is 95.3 cm³/mol. The summed E-state index contributed by atoms with van der Waals surface area (Å²) in [6.07, 6.45) is -0.947. The molecule has 1 saturated heterocycles. The van der Waals surface area contributed by atoms with Crippen LogP contribution in [-0.2, 0) is 9.53 Å². The van der Waals surface area contributed by atoms with Crippen LogP contribution in [0.2, 0.25) is 0 Å². The topological polar surface area (TPSA) is 99.0 Å². The Kier molecular flexibility index (Phi) is 5.43. The fraction of sp³-hybridized carbons (Fsp3) is 0.176. The molecule has 1 aliphatic rings. The summed E-state index contributed by atoms with van der Waals surface area (Å²) in [5.74, 6) is -0.992. The van der Waals surface area contributed by atoms with Crippen molar-refractivity contribution in [3.63, 3.8) is 0 Å². The molecule has 3 rings (SSSR count). The Balaban J connectivity index is 1.83. The van der Waals surface area contributed by atoms with Crippen molar-refractivity contribution >= 4 is 32.2 Å². The van der Waals surface area contributed by atoms with Gasteiger partial charge in [0.2, 0.25) is 0 Å². The van der Waals surface area contributed by atoms with Gasteiger partial charge in [0.25, 0.3) is 11.6 Å². The van der Waals surface area contributed by atoms with Crippen molar-refractivity contribution in [2.45, 2.75) is 6.04 Å². The molecule has 2 aromatic carbocycles. The van der Waals surface area contributed by atoms with Gasteiger partial charge in [-0.3, -0.25) is 14.9 Å². The van der Waals surface area contributed by atoms with Crippen molar-refractivity contribution in [1.82, 2.24) is 4.90 Å². The molecule has 0 radical (unpaired) electrons. The van der Waals surface area contributed by atoms with Gasteiger partial charge >= 0.3 is 6.09 Å². The maximum Gasteiger partial charge on any atom is 0.422 e. The molecule has 1 fully saturated rings. The number of halogens is 1. The SMILES string of the molecule is O=C1COCC(c2ccc(F)c(P)c2)N1C(=O)Oc1ccc([N+](=O)[O-])cc1. The number of nitro groups is 1. The van der Waals surface area contributed by atoms with E-state index in [1.807, 2.05) is 0 Å². The first-order valence-corrected chi connectivity index (χ1v) is 8.35. The van der Waals surface area contributed by atoms with E-state index in [4.69, 9.17) is 9.47 Å². The lowest BCUT2D eigenvalue weighted by atomic mass is 10.1. The fourth-order valence-corrected chi connectivity index (χ4v) is 2.89. The standard InChI is InChI=1S/C17H14FN2O6P/c18-13-6-1-10(7-15(13)27)14-8-25-9-16(21)19(14)17(22)26-12-4-2-11(3-5-12)20(23)24/h1-7,14H,8-9,27H2. The maximum absolute atomic E-state index is 13.5. The number of ether oxygens (including phenoxy) is 2. The average molecular weight is 392 g/mol. The molecular weight excluding hydrogens is 378 g/mol. The molecule has 1 heterocycles. The zero-order valence-electron chi connectivity index (χ0n) is 13.8. The molecule has 8 nitrogen and oxygen atoms in total. The second-order valence-electron chi connectivity index (χ2n) is 5.69. The monoisotopic (exact) mass is 392 g/mol. The summed E-state index contributed by atoms with van der Waals surface area (Å²) in [4.78, 5) is 35.8. The van der Waals surface area contributed by atoms with Crippen LogP contribution >= 0.6 is 9.24 Å². The molecule has 2 amide bonds. The lowest BCUT2D eigenvalue weighted by Crippen LogP contribution is -2.48. The summed E-state index contributed by atoms with van der Waals surface area (Å²) in [6.45, 7) is -0.252. The largest absolute Gasteiger partial charge is 0.422 e. The van der Waals surface area contributed by atoms with Crippen molar-refractivity contribution in [1.29, 1.82) is 0 Å². The first-order valence-electron chi connectivity index (χ1n) is 7.78. The number of amides is 2. The third-order valence-corrected chi connectivity index (χ3v) is 4.38. The molecule has 0 bridgehead atoms. The highest BCUT2D eigenvalue weighted by molar-refractivity contribution is 7.27. The minimum atomic E-state index is -0.947. The van der Waals surface area contributed by atoms with Crippen LogP contribution in [-0.4, -0.2) is 35.0 Å². The van der Waals surface area contributed by atoms with Crippen LogP contribution < -0.4 is 10.0 Å². The molecule has 0 aromatic heterocycles. The molecular formula is C17H14FN2O6P. The van der Waals surface area contributed by atoms with Crippen LogP contribution in [0, 0.1) is 15.9 Å². The van der Waals surface area contributed by atoms with Crippen LogP contribution in [0.4, 0.5) is 14.9 Å². The summed E-state index contributed by atoms with van der Waals surface area (Å²) in [5, 5.41) is 11.0. The Morgan fingerprint density at radius 1 is 1.30 bits per heavy atom. The Labute approximate surface area is 155 Å². The minimum absolute atomic E-state index is 0.0385. The number of non-ortho nitro benzene ring substituents is 1. The van der Waals surface area contributed by atoms with E-state index >= 15 is 0 Å². The van der Waals surface area contributed by atoms with Gasteiger partial charge in [-0.05, 0) is 29.8 Å². The maximum atomic E-state index is 13.5. The summed E-state index contributed by atoms with van der Waals surface area (Å²) in [5.41, 5.74) is 0.351. The van der Waals surface area contributed by atoms with Gasteiger partial charge in [-0.15, -0.1) is 9.24 Å². The van der Waals surface area contributed by atoms with Gasteiger partial charge in [-0.2, -0.15) is 0 Å². The third kappa shape index (κ3) is 4.10. The third-order valence-electron chi connectivity index (χ3n) is 3.94. The van der Waals surface area contributed by atoms with Crippen molar-refractivity contribution in [2.75, 3.05) is 13.2 Å². The quantitative estimate of drug-likeness (QED) is 0.452. The van der Waals surface area contributed by atoms with Crippen LogP contribution in [0.15, 0.2) is 42.5 Å². The lowest BCUT2D eigenvalue weighted by Gasteiger charge is -2.33. The Morgan fingerprint density at radius 3 is 2.63 bits per heavy atom. The molecule has 0 saturated carbocycles. The van der Waals surface area contributed by atoms with E-state index in [1.165, 1.54) is 42.5 Å². The van der Waals surface area contributed by atoms with Gasteiger partial charge in [0.05, 0.1) is 17.6 Å². The van der Waals surface area contributed by atoms with Gasteiger partial charge in [0, 0.05) is 17.4 Å². The first-order chi connectivity index (χ1) is 12.9. The Morgan fingerprint density at radius 2 is 2.00 bits per heavy atom. The number of imide groups is 1. The average Bonchev–Trinajstić information content (AvgIpc) is 2.64. The Hall–Kier alpha value is -2.90. The highest BCUT2D eigenvalue weighted by Gasteiger charge is 2.36. The predicted octanol–water partition coefficient (Wildman–Crippen LogP) is 2.33. The number of morpholine rings is 1. The molecule has 0 N–H and O–H groups in total. The van der Waals surface area contributed by atoms with Gasteiger partial charge in [0.1, 0.15) is 18.2 Å². The normalized spacial score (nSPS) is 16.9. The summed E-state index contributed by atoms with van der Waals surface area (Å²) >= 11 is 0. The number of carbonyl (C=O) groups excluding carboxylic acids is 2. The van der Waals surface area contributed by atoms with Crippen molar-refractivity contribution < 1.29 is 28.4 Å². The van der Waals surface area contributed by atoms with Crippen molar-refractivity contribution in [3.05, 3.63) is 64.0 Å². The Bertz CT molecular complexity index is 905. The van der Waals surface area contributed by atoms with Gasteiger partial charge < -0.3 is 9.47 Å². The van der Waals surface area contributed by atoms with E-state index in [9.17, 15) is 24.1 Å².